The first kappa shape index (κ1) is 22.0. The first-order valence-electron chi connectivity index (χ1n) is 11.2. The summed E-state index contributed by atoms with van der Waals surface area (Å²) < 4.78 is 0. The predicted molar refractivity (Wildman–Crippen MR) is 136 cm³/mol. The largest absolute Gasteiger partial charge is 0.507 e. The van der Waals surface area contributed by atoms with Crippen LogP contribution in [0.2, 0.25) is 0 Å². The lowest BCUT2D eigenvalue weighted by atomic mass is 10.1. The Hall–Kier alpha value is -4.78. The lowest BCUT2D eigenvalue weighted by molar-refractivity contribution is 0.475. The minimum Gasteiger partial charge on any atom is -0.507 e. The second-order valence-corrected chi connectivity index (χ2v) is 7.99. The molecule has 0 fully saturated rings. The van der Waals surface area contributed by atoms with Crippen molar-refractivity contribution < 1.29 is 10.2 Å². The Morgan fingerprint density at radius 1 is 0.600 bits per heavy atom. The molecule has 0 saturated carbocycles. The Bertz CT molecular complexity index is 1430. The van der Waals surface area contributed by atoms with E-state index in [9.17, 15) is 10.2 Å². The number of phenols is 2. The summed E-state index contributed by atoms with van der Waals surface area (Å²) in [4.78, 5) is 11.1. The van der Waals surface area contributed by atoms with Crippen molar-refractivity contribution in [3.8, 4) is 11.5 Å². The molecule has 0 spiro atoms. The molecule has 0 aliphatic rings. The van der Waals surface area contributed by atoms with Crippen LogP contribution < -0.4 is 4.90 Å². The summed E-state index contributed by atoms with van der Waals surface area (Å²) in [6.45, 7) is 1.12. The van der Waals surface area contributed by atoms with Gasteiger partial charge in [-0.15, -0.1) is 10.2 Å². The van der Waals surface area contributed by atoms with Gasteiger partial charge in [0.2, 0.25) is 0 Å². The second-order valence-electron chi connectivity index (χ2n) is 7.99. The molecule has 2 aromatic heterocycles. The molecule has 35 heavy (non-hydrogen) atoms. The molecule has 0 saturated heterocycles. The number of aromatic hydroxyl groups is 2. The van der Waals surface area contributed by atoms with Gasteiger partial charge in [0.1, 0.15) is 17.2 Å². The van der Waals surface area contributed by atoms with Crippen molar-refractivity contribution in [1.82, 2.24) is 9.97 Å². The molecule has 0 bridgehead atoms. The summed E-state index contributed by atoms with van der Waals surface area (Å²) in [5.74, 6) is 0.111. The molecule has 0 aliphatic heterocycles. The van der Waals surface area contributed by atoms with Crippen LogP contribution in [0, 0.1) is 0 Å². The van der Waals surface area contributed by atoms with Gasteiger partial charge in [0.05, 0.1) is 41.2 Å². The molecule has 172 valence electrons. The molecule has 5 rings (SSSR count). The summed E-state index contributed by atoms with van der Waals surface area (Å²) in [6.07, 6.45) is 3.56. The van der Waals surface area contributed by atoms with Gasteiger partial charge >= 0.3 is 0 Å². The number of aromatic nitrogens is 2. The number of pyridine rings is 2. The van der Waals surface area contributed by atoms with Crippen molar-refractivity contribution in [2.24, 2.45) is 10.2 Å². The lowest BCUT2D eigenvalue weighted by Gasteiger charge is -2.25. The van der Waals surface area contributed by atoms with E-state index in [1.165, 1.54) is 0 Å². The first-order chi connectivity index (χ1) is 17.2. The molecular formula is C28H23N5O2. The molecular weight excluding hydrogens is 438 g/mol. The van der Waals surface area contributed by atoms with Crippen molar-refractivity contribution in [3.63, 3.8) is 0 Å². The second kappa shape index (κ2) is 10.0. The van der Waals surface area contributed by atoms with Crippen LogP contribution in [0.15, 0.2) is 114 Å². The zero-order chi connectivity index (χ0) is 24.0. The number of phenolic OH excluding ortho intramolecular Hbond substituents is 2. The zero-order valence-electron chi connectivity index (χ0n) is 18.9. The van der Waals surface area contributed by atoms with Crippen molar-refractivity contribution >= 4 is 27.8 Å². The van der Waals surface area contributed by atoms with E-state index in [1.54, 1.807) is 42.7 Å². The van der Waals surface area contributed by atoms with Gasteiger partial charge < -0.3 is 15.1 Å². The average molecular weight is 462 g/mol. The predicted octanol–water partition coefficient (Wildman–Crippen LogP) is 6.66. The van der Waals surface area contributed by atoms with E-state index >= 15 is 0 Å². The van der Waals surface area contributed by atoms with Gasteiger partial charge in [-0.2, -0.15) is 0 Å². The third-order valence-electron chi connectivity index (χ3n) is 5.62. The number of hydrogen-bond donors (Lipinski definition) is 2. The van der Waals surface area contributed by atoms with Crippen molar-refractivity contribution in [3.05, 3.63) is 115 Å². The monoisotopic (exact) mass is 461 g/mol. The third kappa shape index (κ3) is 4.94. The molecule has 2 N–H and O–H groups in total. The molecule has 0 aliphatic carbocycles. The number of anilines is 1. The SMILES string of the molecule is Oc1ccc(/N=N\c2ccccc2N(Cc2ccccn2)Cc2ccccn2)c2c(O)cccc12. The van der Waals surface area contributed by atoms with Gasteiger partial charge in [-0.1, -0.05) is 36.4 Å². The van der Waals surface area contributed by atoms with Crippen LogP contribution in [0.25, 0.3) is 10.8 Å². The lowest BCUT2D eigenvalue weighted by Crippen LogP contribution is -2.23. The molecule has 0 radical (unpaired) electrons. The summed E-state index contributed by atoms with van der Waals surface area (Å²) in [6, 6.07) is 27.6. The van der Waals surface area contributed by atoms with E-state index in [2.05, 4.69) is 25.1 Å². The van der Waals surface area contributed by atoms with E-state index in [0.29, 0.717) is 35.2 Å². The first-order valence-corrected chi connectivity index (χ1v) is 11.2. The zero-order valence-corrected chi connectivity index (χ0v) is 18.9. The Kier molecular flexibility index (Phi) is 6.30. The van der Waals surface area contributed by atoms with Crippen LogP contribution in [0.1, 0.15) is 11.4 Å². The summed E-state index contributed by atoms with van der Waals surface area (Å²) in [5.41, 5.74) is 3.84. The molecule has 0 amide bonds. The van der Waals surface area contributed by atoms with Crippen LogP contribution in [0.5, 0.6) is 11.5 Å². The minimum absolute atomic E-state index is 0.0348. The fraction of sp³-hybridized carbons (Fsp3) is 0.0714. The molecule has 0 unspecified atom stereocenters. The van der Waals surface area contributed by atoms with Gasteiger partial charge in [0.15, 0.2) is 0 Å². The standard InChI is InChI=1S/C28H23N5O2/c34-26-15-14-24(28-22(26)10-7-13-27(28)35)32-31-23-11-1-2-12-25(23)33(18-20-8-3-5-16-29-20)19-21-9-4-6-17-30-21/h1-17,34-35H,18-19H2/b32-31-. The van der Waals surface area contributed by atoms with Gasteiger partial charge in [-0.25, -0.2) is 0 Å². The number of rotatable bonds is 7. The van der Waals surface area contributed by atoms with E-state index in [-0.39, 0.29) is 11.5 Å². The highest BCUT2D eigenvalue weighted by Gasteiger charge is 2.15. The number of fused-ring (bicyclic) bond motifs is 1. The van der Waals surface area contributed by atoms with Crippen molar-refractivity contribution in [1.29, 1.82) is 0 Å². The number of hydrogen-bond acceptors (Lipinski definition) is 7. The smallest absolute Gasteiger partial charge is 0.125 e. The van der Waals surface area contributed by atoms with Gasteiger partial charge in [0.25, 0.3) is 0 Å². The number of para-hydroxylation sites is 1. The van der Waals surface area contributed by atoms with E-state index in [1.807, 2.05) is 60.7 Å². The Morgan fingerprint density at radius 2 is 1.26 bits per heavy atom. The van der Waals surface area contributed by atoms with Gasteiger partial charge in [-0.05, 0) is 54.6 Å². The van der Waals surface area contributed by atoms with Crippen LogP contribution in [-0.4, -0.2) is 20.2 Å². The third-order valence-corrected chi connectivity index (χ3v) is 5.62. The van der Waals surface area contributed by atoms with E-state index in [0.717, 1.165) is 17.1 Å². The summed E-state index contributed by atoms with van der Waals surface area (Å²) in [7, 11) is 0. The van der Waals surface area contributed by atoms with Crippen LogP contribution in [-0.2, 0) is 13.1 Å². The van der Waals surface area contributed by atoms with E-state index < -0.39 is 0 Å². The molecule has 7 heteroatoms. The Labute approximate surface area is 202 Å². The quantitative estimate of drug-likeness (QED) is 0.264. The highest BCUT2D eigenvalue weighted by Crippen LogP contribution is 2.39. The molecule has 2 heterocycles. The van der Waals surface area contributed by atoms with Gasteiger partial charge in [0, 0.05) is 17.8 Å². The average Bonchev–Trinajstić information content (AvgIpc) is 2.90. The number of nitrogens with zero attached hydrogens (tertiary/aromatic N) is 5. The normalized spacial score (nSPS) is 11.2. The Morgan fingerprint density at radius 3 is 1.94 bits per heavy atom. The summed E-state index contributed by atoms with van der Waals surface area (Å²) >= 11 is 0. The van der Waals surface area contributed by atoms with Crippen LogP contribution >= 0.6 is 0 Å². The number of benzene rings is 3. The maximum Gasteiger partial charge on any atom is 0.125 e. The molecule has 3 aromatic carbocycles. The minimum atomic E-state index is 0.0348. The maximum absolute atomic E-state index is 10.4. The summed E-state index contributed by atoms with van der Waals surface area (Å²) in [5, 5.41) is 30.6. The highest BCUT2D eigenvalue weighted by atomic mass is 16.3. The van der Waals surface area contributed by atoms with Gasteiger partial charge in [-0.3, -0.25) is 9.97 Å². The Balaban J connectivity index is 1.54. The van der Waals surface area contributed by atoms with Crippen molar-refractivity contribution in [2.45, 2.75) is 13.1 Å². The fourth-order valence-corrected chi connectivity index (χ4v) is 3.96. The number of azo groups is 1. The maximum atomic E-state index is 10.4. The molecule has 0 atom stereocenters. The molecule has 5 aromatic rings. The fourth-order valence-electron chi connectivity index (χ4n) is 3.96. The van der Waals surface area contributed by atoms with E-state index in [4.69, 9.17) is 0 Å². The van der Waals surface area contributed by atoms with Crippen LogP contribution in [0.4, 0.5) is 17.1 Å². The van der Waals surface area contributed by atoms with Crippen LogP contribution in [0.3, 0.4) is 0 Å². The molecule has 7 nitrogen and oxygen atoms in total. The highest BCUT2D eigenvalue weighted by molar-refractivity contribution is 6.00. The van der Waals surface area contributed by atoms with Crippen molar-refractivity contribution in [2.75, 3.05) is 4.90 Å². The topological polar surface area (TPSA) is 94.2 Å².